The number of rotatable bonds is 3. The Morgan fingerprint density at radius 2 is 1.71 bits per heavy atom. The highest BCUT2D eigenvalue weighted by Crippen LogP contribution is 2.22. The first kappa shape index (κ1) is 17.8. The molecule has 1 N–H and O–H groups in total. The van der Waals surface area contributed by atoms with Crippen molar-refractivity contribution in [3.63, 3.8) is 0 Å². The van der Waals surface area contributed by atoms with Gasteiger partial charge in [-0.25, -0.2) is 0 Å². The second-order valence-corrected chi connectivity index (χ2v) is 2.69. The zero-order valence-corrected chi connectivity index (χ0v) is 11.0. The molecular weight excluding hydrogens is 220 g/mol. The van der Waals surface area contributed by atoms with Gasteiger partial charge in [-0.3, -0.25) is 0 Å². The van der Waals surface area contributed by atoms with E-state index in [9.17, 15) is 0 Å². The fourth-order valence-electron chi connectivity index (χ4n) is 0.834. The Bertz CT molecular complexity index is 272. The summed E-state index contributed by atoms with van der Waals surface area (Å²) in [6.45, 7) is 7.11. The Balaban J connectivity index is 0. The maximum Gasteiger partial charge on any atom is 0.160 e. The third-order valence-corrected chi connectivity index (χ3v) is 1.49. The number of para-hydroxylation sites is 2. The zero-order chi connectivity index (χ0) is 13.5. The van der Waals surface area contributed by atoms with E-state index in [4.69, 9.17) is 19.4 Å². The summed E-state index contributed by atoms with van der Waals surface area (Å²) in [6.07, 6.45) is 0.750. The van der Waals surface area contributed by atoms with Gasteiger partial charge in [0.25, 0.3) is 0 Å². The summed E-state index contributed by atoms with van der Waals surface area (Å²) in [5, 5.41) is 8.99. The van der Waals surface area contributed by atoms with Crippen LogP contribution in [0.2, 0.25) is 0 Å². The average molecular weight is 242 g/mol. The van der Waals surface area contributed by atoms with Crippen molar-refractivity contribution in [2.24, 2.45) is 0 Å². The molecule has 1 aromatic rings. The number of phenolic OH excluding ortho intramolecular Hbond substituents is 1. The Kier molecular flexibility index (Phi) is 15.2. The number of benzene rings is 1. The van der Waals surface area contributed by atoms with Crippen LogP contribution in [-0.2, 0) is 9.53 Å². The molecule has 0 unspecified atom stereocenters. The largest absolute Gasteiger partial charge is 0.504 e. The summed E-state index contributed by atoms with van der Waals surface area (Å²) in [4.78, 5) is 8.81. The van der Waals surface area contributed by atoms with Gasteiger partial charge in [-0.2, -0.15) is 0 Å². The molecule has 0 fully saturated rings. The monoisotopic (exact) mass is 242 g/mol. The van der Waals surface area contributed by atoms with Crippen molar-refractivity contribution in [2.75, 3.05) is 20.3 Å². The molecule has 0 aliphatic rings. The van der Waals surface area contributed by atoms with Crippen LogP contribution in [-0.4, -0.2) is 31.7 Å². The summed E-state index contributed by atoms with van der Waals surface area (Å²) in [7, 11) is 1.52. The molecule has 1 rings (SSSR count). The number of aromatic hydroxyl groups is 1. The van der Waals surface area contributed by atoms with Crippen molar-refractivity contribution in [1.29, 1.82) is 0 Å². The maximum absolute atomic E-state index is 8.99. The average Bonchev–Trinajstić information content (AvgIpc) is 2.32. The summed E-state index contributed by atoms with van der Waals surface area (Å²) in [5.74, 6) is 0.692. The van der Waals surface area contributed by atoms with E-state index in [0.717, 1.165) is 19.5 Å². The van der Waals surface area contributed by atoms with E-state index in [0.29, 0.717) is 5.75 Å². The smallest absolute Gasteiger partial charge is 0.160 e. The summed E-state index contributed by atoms with van der Waals surface area (Å²) >= 11 is 0. The van der Waals surface area contributed by atoms with Crippen molar-refractivity contribution in [3.8, 4) is 11.5 Å². The van der Waals surface area contributed by atoms with Crippen molar-refractivity contribution >= 4 is 6.29 Å². The SMILES string of the molecule is CC=O.CCOCC.COc1ccccc1O. The third-order valence-electron chi connectivity index (χ3n) is 1.49. The number of hydrogen-bond donors (Lipinski definition) is 1. The molecule has 0 spiro atoms. The van der Waals surface area contributed by atoms with Crippen LogP contribution in [0.5, 0.6) is 11.5 Å². The zero-order valence-electron chi connectivity index (χ0n) is 11.0. The van der Waals surface area contributed by atoms with Crippen molar-refractivity contribution in [1.82, 2.24) is 0 Å². The number of ether oxygens (including phenoxy) is 2. The van der Waals surface area contributed by atoms with Gasteiger partial charge in [0.15, 0.2) is 11.5 Å². The number of methoxy groups -OCH3 is 1. The lowest BCUT2D eigenvalue weighted by Gasteiger charge is -1.99. The second-order valence-electron chi connectivity index (χ2n) is 2.69. The molecule has 0 saturated carbocycles. The van der Waals surface area contributed by atoms with Crippen molar-refractivity contribution in [3.05, 3.63) is 24.3 Å². The van der Waals surface area contributed by atoms with Crippen LogP contribution in [0.25, 0.3) is 0 Å². The number of aldehydes is 1. The minimum absolute atomic E-state index is 0.181. The Hall–Kier alpha value is -1.55. The van der Waals surface area contributed by atoms with Crippen molar-refractivity contribution in [2.45, 2.75) is 20.8 Å². The predicted octanol–water partition coefficient (Wildman–Crippen LogP) is 2.65. The van der Waals surface area contributed by atoms with Gasteiger partial charge in [0, 0.05) is 13.2 Å². The molecule has 0 aromatic heterocycles. The Morgan fingerprint density at radius 3 is 1.94 bits per heavy atom. The molecule has 1 aromatic carbocycles. The summed E-state index contributed by atoms with van der Waals surface area (Å²) < 4.78 is 9.63. The van der Waals surface area contributed by atoms with Gasteiger partial charge in [0.2, 0.25) is 0 Å². The number of hydrogen-bond acceptors (Lipinski definition) is 4. The Morgan fingerprint density at radius 1 is 1.24 bits per heavy atom. The van der Waals surface area contributed by atoms with Crippen LogP contribution >= 0.6 is 0 Å². The third kappa shape index (κ3) is 12.4. The molecule has 0 amide bonds. The number of carbonyl (C=O) groups excluding carboxylic acids is 1. The first-order chi connectivity index (χ1) is 8.17. The number of carbonyl (C=O) groups is 1. The molecule has 0 bridgehead atoms. The van der Waals surface area contributed by atoms with E-state index >= 15 is 0 Å². The molecule has 4 heteroatoms. The normalized spacial score (nSPS) is 8.00. The lowest BCUT2D eigenvalue weighted by atomic mass is 10.3. The topological polar surface area (TPSA) is 55.8 Å². The lowest BCUT2D eigenvalue weighted by Crippen LogP contribution is -1.84. The van der Waals surface area contributed by atoms with Crippen molar-refractivity contribution < 1.29 is 19.4 Å². The Labute approximate surface area is 103 Å². The molecule has 0 radical (unpaired) electrons. The molecule has 98 valence electrons. The van der Waals surface area contributed by atoms with Crippen LogP contribution in [0.3, 0.4) is 0 Å². The van der Waals surface area contributed by atoms with Gasteiger partial charge >= 0.3 is 0 Å². The molecule has 0 heterocycles. The molecule has 17 heavy (non-hydrogen) atoms. The van der Waals surface area contributed by atoms with Gasteiger partial charge in [0.1, 0.15) is 6.29 Å². The highest BCUT2D eigenvalue weighted by atomic mass is 16.5. The molecule has 0 aliphatic carbocycles. The lowest BCUT2D eigenvalue weighted by molar-refractivity contribution is -0.106. The van der Waals surface area contributed by atoms with Gasteiger partial charge in [-0.05, 0) is 32.9 Å². The van der Waals surface area contributed by atoms with Crippen LogP contribution in [0.15, 0.2) is 24.3 Å². The predicted molar refractivity (Wildman–Crippen MR) is 68.6 cm³/mol. The first-order valence-corrected chi connectivity index (χ1v) is 5.47. The van der Waals surface area contributed by atoms with Crippen LogP contribution in [0, 0.1) is 0 Å². The molecule has 0 saturated heterocycles. The molecular formula is C13H22O4. The van der Waals surface area contributed by atoms with E-state index in [1.807, 2.05) is 13.8 Å². The summed E-state index contributed by atoms with van der Waals surface area (Å²) in [5.41, 5.74) is 0. The van der Waals surface area contributed by atoms with E-state index in [1.165, 1.54) is 14.0 Å². The van der Waals surface area contributed by atoms with Gasteiger partial charge in [-0.1, -0.05) is 12.1 Å². The summed E-state index contributed by atoms with van der Waals surface area (Å²) in [6, 6.07) is 6.84. The van der Waals surface area contributed by atoms with Crippen LogP contribution < -0.4 is 4.74 Å². The quantitative estimate of drug-likeness (QED) is 0.828. The number of phenols is 1. The minimum Gasteiger partial charge on any atom is -0.504 e. The van der Waals surface area contributed by atoms with Gasteiger partial charge in [-0.15, -0.1) is 0 Å². The highest BCUT2D eigenvalue weighted by Gasteiger charge is 1.94. The van der Waals surface area contributed by atoms with Crippen LogP contribution in [0.1, 0.15) is 20.8 Å². The molecule has 4 nitrogen and oxygen atoms in total. The first-order valence-electron chi connectivity index (χ1n) is 5.47. The van der Waals surface area contributed by atoms with E-state index in [1.54, 1.807) is 24.3 Å². The minimum atomic E-state index is 0.181. The fraction of sp³-hybridized carbons (Fsp3) is 0.462. The van der Waals surface area contributed by atoms with E-state index < -0.39 is 0 Å². The standard InChI is InChI=1S/C7H8O2.C4H10O.C2H4O/c1-9-7-5-3-2-4-6(7)8;1-3-5-4-2;1-2-3/h2-5,8H,1H3;3-4H2,1-2H3;2H,1H3. The fourth-order valence-corrected chi connectivity index (χ4v) is 0.834. The maximum atomic E-state index is 8.99. The van der Waals surface area contributed by atoms with Gasteiger partial charge in [0.05, 0.1) is 7.11 Å². The second kappa shape index (κ2) is 14.5. The molecule has 0 aliphatic heterocycles. The van der Waals surface area contributed by atoms with Crippen LogP contribution in [0.4, 0.5) is 0 Å². The van der Waals surface area contributed by atoms with E-state index in [-0.39, 0.29) is 5.75 Å². The van der Waals surface area contributed by atoms with E-state index in [2.05, 4.69) is 0 Å². The van der Waals surface area contributed by atoms with Gasteiger partial charge < -0.3 is 19.4 Å². The molecule has 0 atom stereocenters. The highest BCUT2D eigenvalue weighted by molar-refractivity contribution is 5.44.